The van der Waals surface area contributed by atoms with Gasteiger partial charge in [-0.2, -0.15) is 8.42 Å². The lowest BCUT2D eigenvalue weighted by Gasteiger charge is -2.29. The van der Waals surface area contributed by atoms with Crippen molar-refractivity contribution in [2.24, 2.45) is 11.7 Å². The van der Waals surface area contributed by atoms with Crippen molar-refractivity contribution in [3.05, 3.63) is 78.4 Å². The molecule has 0 aromatic heterocycles. The second kappa shape index (κ2) is 10.4. The largest absolute Gasteiger partial charge is 0.481 e. The molecule has 3 aromatic rings. The molecule has 0 aliphatic heterocycles. The van der Waals surface area contributed by atoms with E-state index in [4.69, 9.17) is 10.5 Å². The molecule has 0 fully saturated rings. The number of aliphatic carboxylic acids is 1. The van der Waals surface area contributed by atoms with Crippen LogP contribution in [0.3, 0.4) is 0 Å². The van der Waals surface area contributed by atoms with Crippen LogP contribution in [0.25, 0.3) is 10.8 Å². The zero-order chi connectivity index (χ0) is 24.9. The number of carboxylic acid groups (broad SMARTS) is 1. The molecule has 0 aliphatic carbocycles. The maximum atomic E-state index is 13.1. The van der Waals surface area contributed by atoms with Gasteiger partial charge in [0.1, 0.15) is 12.5 Å². The molecule has 0 bridgehead atoms. The highest BCUT2D eigenvalue weighted by atomic mass is 32.2. The van der Waals surface area contributed by atoms with Gasteiger partial charge in [0.15, 0.2) is 11.9 Å². The fraction of sp³-hybridized carbons (Fsp3) is 0.174. The molecule has 0 radical (unpaired) electrons. The minimum absolute atomic E-state index is 0.117. The molecular formula is C23H22N2O8S. The van der Waals surface area contributed by atoms with E-state index < -0.39 is 46.5 Å². The second-order valence-electron chi connectivity index (χ2n) is 7.36. The number of anilines is 1. The van der Waals surface area contributed by atoms with E-state index in [2.05, 4.69) is 0 Å². The van der Waals surface area contributed by atoms with Crippen LogP contribution in [0.4, 0.5) is 5.69 Å². The smallest absolute Gasteiger partial charge is 0.361 e. The van der Waals surface area contributed by atoms with Crippen LogP contribution >= 0.6 is 0 Å². The van der Waals surface area contributed by atoms with Gasteiger partial charge < -0.3 is 15.6 Å². The van der Waals surface area contributed by atoms with Crippen LogP contribution in [0.15, 0.2) is 72.8 Å². The van der Waals surface area contributed by atoms with Crippen LogP contribution in [-0.2, 0) is 36.0 Å². The average Bonchev–Trinajstić information content (AvgIpc) is 2.80. The Bertz CT molecular complexity index is 1310. The molecule has 34 heavy (non-hydrogen) atoms. The second-order valence-corrected chi connectivity index (χ2v) is 8.65. The topological polar surface area (TPSA) is 164 Å². The van der Waals surface area contributed by atoms with E-state index in [0.717, 1.165) is 0 Å². The Hall–Kier alpha value is -3.80. The third kappa shape index (κ3) is 5.76. The van der Waals surface area contributed by atoms with Gasteiger partial charge in [-0.15, -0.1) is 0 Å². The summed E-state index contributed by atoms with van der Waals surface area (Å²) < 4.78 is 39.8. The molecule has 2 atom stereocenters. The molecule has 0 spiro atoms. The number of ketones is 1. The molecule has 0 amide bonds. The Morgan fingerprint density at radius 3 is 2.21 bits per heavy atom. The van der Waals surface area contributed by atoms with E-state index in [1.807, 2.05) is 0 Å². The number of carbonyl (C=O) groups is 3. The first-order chi connectivity index (χ1) is 16.1. The Morgan fingerprint density at radius 2 is 1.56 bits per heavy atom. The number of hydrogen-bond donors (Lipinski definition) is 3. The maximum Gasteiger partial charge on any atom is 0.361 e. The lowest BCUT2D eigenvalue weighted by atomic mass is 9.97. The Morgan fingerprint density at radius 1 is 0.941 bits per heavy atom. The Labute approximate surface area is 195 Å². The van der Waals surface area contributed by atoms with Crippen molar-refractivity contribution in [1.29, 1.82) is 0 Å². The average molecular weight is 487 g/mol. The summed E-state index contributed by atoms with van der Waals surface area (Å²) in [6.45, 7) is -0.232. The lowest BCUT2D eigenvalue weighted by Crippen LogP contribution is -2.54. The molecule has 4 N–H and O–H groups in total. The molecule has 11 heteroatoms. The number of nitrogens with zero attached hydrogens (tertiary/aromatic N) is 1. The van der Waals surface area contributed by atoms with Gasteiger partial charge in [0, 0.05) is 5.39 Å². The van der Waals surface area contributed by atoms with E-state index in [1.165, 1.54) is 12.1 Å². The van der Waals surface area contributed by atoms with Crippen molar-refractivity contribution in [3.8, 4) is 0 Å². The number of esters is 1. The zero-order valence-electron chi connectivity index (χ0n) is 17.8. The highest BCUT2D eigenvalue weighted by Gasteiger charge is 2.40. The summed E-state index contributed by atoms with van der Waals surface area (Å²) in [6.07, 6.45) is -3.08. The normalized spacial score (nSPS) is 13.1. The predicted molar refractivity (Wildman–Crippen MR) is 123 cm³/mol. The molecule has 3 aromatic carbocycles. The van der Waals surface area contributed by atoms with Crippen molar-refractivity contribution in [2.75, 3.05) is 4.31 Å². The SMILES string of the molecule is NC(C(=O)C(CC(=O)O)C(=O)OCc1ccccc1)N(c1cccc2ccccc12)S(=O)(=O)O. The van der Waals surface area contributed by atoms with Crippen LogP contribution in [-0.4, -0.2) is 42.0 Å². The third-order valence-electron chi connectivity index (χ3n) is 5.03. The minimum Gasteiger partial charge on any atom is -0.481 e. The Balaban J connectivity index is 1.94. The van der Waals surface area contributed by atoms with Gasteiger partial charge in [-0.25, -0.2) is 4.31 Å². The number of benzene rings is 3. The summed E-state index contributed by atoms with van der Waals surface area (Å²) in [4.78, 5) is 37.1. The van der Waals surface area contributed by atoms with E-state index >= 15 is 0 Å². The number of fused-ring (bicyclic) bond motifs is 1. The standard InChI is InChI=1S/C23H22N2O8S/c24-22(25(34(30,31)32)19-12-6-10-16-9-4-5-11-17(16)19)21(28)18(13-20(26)27)23(29)33-14-15-7-2-1-3-8-15/h1-12,18,22H,13-14,24H2,(H,26,27)(H,30,31,32). The molecule has 0 aliphatic rings. The first-order valence-electron chi connectivity index (χ1n) is 10.1. The number of carbonyl (C=O) groups excluding carboxylic acids is 2. The molecule has 178 valence electrons. The monoisotopic (exact) mass is 486 g/mol. The summed E-state index contributed by atoms with van der Waals surface area (Å²) in [5, 5.41) is 10.2. The van der Waals surface area contributed by atoms with Gasteiger partial charge in [-0.05, 0) is 17.0 Å². The number of carboxylic acids is 1. The highest BCUT2D eigenvalue weighted by Crippen LogP contribution is 2.30. The fourth-order valence-electron chi connectivity index (χ4n) is 3.44. The maximum absolute atomic E-state index is 13.1. The quantitative estimate of drug-likeness (QED) is 0.168. The third-order valence-corrected chi connectivity index (χ3v) is 5.95. The van der Waals surface area contributed by atoms with Crippen LogP contribution in [0.2, 0.25) is 0 Å². The van der Waals surface area contributed by atoms with Crippen LogP contribution in [0, 0.1) is 5.92 Å². The van der Waals surface area contributed by atoms with Crippen LogP contribution in [0.5, 0.6) is 0 Å². The number of Topliss-reactive ketones (excluding diaryl/α,β-unsaturated/α-hetero) is 1. The summed E-state index contributed by atoms with van der Waals surface area (Å²) in [6, 6.07) is 19.5. The van der Waals surface area contributed by atoms with Crippen LogP contribution in [0.1, 0.15) is 12.0 Å². The van der Waals surface area contributed by atoms with E-state index in [1.54, 1.807) is 60.7 Å². The summed E-state index contributed by atoms with van der Waals surface area (Å²) in [7, 11) is -5.11. The van der Waals surface area contributed by atoms with Crippen molar-refractivity contribution in [1.82, 2.24) is 0 Å². The fourth-order valence-corrected chi connectivity index (χ4v) is 4.24. The molecule has 2 unspecified atom stereocenters. The van der Waals surface area contributed by atoms with Gasteiger partial charge in [0.2, 0.25) is 0 Å². The first kappa shape index (κ1) is 24.8. The molecule has 3 rings (SSSR count). The van der Waals surface area contributed by atoms with Crippen molar-refractivity contribution in [2.45, 2.75) is 19.2 Å². The van der Waals surface area contributed by atoms with Gasteiger partial charge in [0.05, 0.1) is 12.1 Å². The molecule has 10 nitrogen and oxygen atoms in total. The number of nitrogens with two attached hydrogens (primary N) is 1. The number of ether oxygens (including phenoxy) is 1. The minimum atomic E-state index is -5.11. The number of rotatable bonds is 10. The summed E-state index contributed by atoms with van der Waals surface area (Å²) in [5.74, 6) is -5.83. The highest BCUT2D eigenvalue weighted by molar-refractivity contribution is 7.87. The van der Waals surface area contributed by atoms with Crippen LogP contribution < -0.4 is 10.0 Å². The molecular weight excluding hydrogens is 464 g/mol. The molecule has 0 saturated heterocycles. The summed E-state index contributed by atoms with van der Waals surface area (Å²) in [5.41, 5.74) is 6.41. The van der Waals surface area contributed by atoms with Crippen molar-refractivity contribution >= 4 is 44.5 Å². The van der Waals surface area contributed by atoms with Gasteiger partial charge in [0.25, 0.3) is 0 Å². The molecule has 0 saturated carbocycles. The zero-order valence-corrected chi connectivity index (χ0v) is 18.6. The van der Waals surface area contributed by atoms with E-state index in [-0.39, 0.29) is 16.6 Å². The summed E-state index contributed by atoms with van der Waals surface area (Å²) >= 11 is 0. The van der Waals surface area contributed by atoms with E-state index in [9.17, 15) is 32.5 Å². The van der Waals surface area contributed by atoms with Gasteiger partial charge in [-0.3, -0.25) is 18.9 Å². The van der Waals surface area contributed by atoms with Crippen molar-refractivity contribution in [3.63, 3.8) is 0 Å². The Kier molecular flexibility index (Phi) is 7.61. The van der Waals surface area contributed by atoms with Crippen molar-refractivity contribution < 1.29 is 37.2 Å². The number of hydrogen-bond acceptors (Lipinski definition) is 7. The lowest BCUT2D eigenvalue weighted by molar-refractivity contribution is -0.157. The van der Waals surface area contributed by atoms with Gasteiger partial charge >= 0.3 is 22.2 Å². The molecule has 0 heterocycles. The van der Waals surface area contributed by atoms with Gasteiger partial charge in [-0.1, -0.05) is 66.7 Å². The van der Waals surface area contributed by atoms with E-state index in [0.29, 0.717) is 16.3 Å². The predicted octanol–water partition coefficient (Wildman–Crippen LogP) is 2.14. The first-order valence-corrected chi connectivity index (χ1v) is 11.5.